The Morgan fingerprint density at radius 2 is 1.79 bits per heavy atom. The molecular formula is C30H42N4O8. The van der Waals surface area contributed by atoms with Crippen molar-refractivity contribution in [1.82, 2.24) is 9.80 Å². The van der Waals surface area contributed by atoms with Gasteiger partial charge in [0.25, 0.3) is 5.91 Å². The highest BCUT2D eigenvalue weighted by atomic mass is 16.5. The van der Waals surface area contributed by atoms with Gasteiger partial charge in [-0.15, -0.1) is 0 Å². The number of amides is 1. The summed E-state index contributed by atoms with van der Waals surface area (Å²) in [6.45, 7) is 5.58. The van der Waals surface area contributed by atoms with Crippen LogP contribution < -0.4 is 10.6 Å². The number of likely N-dealkylation sites (N-methyl/N-ethyl adjacent to an activating group) is 2. The van der Waals surface area contributed by atoms with Gasteiger partial charge in [-0.1, -0.05) is 0 Å². The zero-order valence-corrected chi connectivity index (χ0v) is 25.3. The maximum Gasteiger partial charge on any atom is 0.255 e. The molecule has 4 atom stereocenters. The fourth-order valence-electron chi connectivity index (χ4n) is 6.87. The summed E-state index contributed by atoms with van der Waals surface area (Å²) in [6.07, 6.45) is 0.368. The molecule has 0 saturated carbocycles. The van der Waals surface area contributed by atoms with E-state index in [1.165, 1.54) is 11.0 Å². The van der Waals surface area contributed by atoms with Crippen molar-refractivity contribution in [3.63, 3.8) is 0 Å². The third-order valence-corrected chi connectivity index (χ3v) is 8.59. The number of fused-ring (bicyclic) bond motifs is 3. The highest BCUT2D eigenvalue weighted by Gasteiger charge is 2.63. The second-order valence-electron chi connectivity index (χ2n) is 12.3. The largest absolute Gasteiger partial charge is 0.510 e. The number of Topliss-reactive ketones (excluding diaryl/α,β-unsaturated/α-hetero) is 2. The number of hydrogen-bond acceptors (Lipinski definition) is 11. The third kappa shape index (κ3) is 4.96. The van der Waals surface area contributed by atoms with Crippen LogP contribution in [0.15, 0.2) is 28.7 Å². The van der Waals surface area contributed by atoms with Gasteiger partial charge in [-0.2, -0.15) is 0 Å². The molecule has 12 nitrogen and oxygen atoms in total. The van der Waals surface area contributed by atoms with E-state index in [0.29, 0.717) is 25.3 Å². The standard InChI is InChI=1S/C30H42N4O8/c1-14(2)42-9-8-34(7)13-16-12-19(35)21-17(23(16)32(3)4)10-15-11-18-24(33(5)6)26(37)22(29(31)40)28(39)30(18,41)27(38)20(15)25(21)36/h12,14-15,18,24,35,37-38,41H,8-11,13H2,1-7H3,(H2,31,40)/t15-,18-,24-,30-/m0/s1. The van der Waals surface area contributed by atoms with Gasteiger partial charge in [0.05, 0.1) is 24.3 Å². The number of primary amides is 1. The Morgan fingerprint density at radius 3 is 2.33 bits per heavy atom. The van der Waals surface area contributed by atoms with Crippen molar-refractivity contribution in [2.75, 3.05) is 53.3 Å². The summed E-state index contributed by atoms with van der Waals surface area (Å²) in [5, 5.41) is 45.3. The first-order valence-corrected chi connectivity index (χ1v) is 14.0. The number of nitrogens with zero attached hydrogens (tertiary/aromatic N) is 3. The minimum Gasteiger partial charge on any atom is -0.510 e. The van der Waals surface area contributed by atoms with Gasteiger partial charge < -0.3 is 35.8 Å². The summed E-state index contributed by atoms with van der Waals surface area (Å²) in [7, 11) is 8.84. The number of rotatable bonds is 9. The van der Waals surface area contributed by atoms with E-state index < -0.39 is 58.0 Å². The Balaban J connectivity index is 1.84. The van der Waals surface area contributed by atoms with Crippen LogP contribution in [0.25, 0.3) is 0 Å². The number of benzene rings is 1. The molecular weight excluding hydrogens is 544 g/mol. The number of carbonyl (C=O) groups excluding carboxylic acids is 3. The van der Waals surface area contributed by atoms with Crippen LogP contribution >= 0.6 is 0 Å². The van der Waals surface area contributed by atoms with Crippen molar-refractivity contribution < 1.29 is 39.5 Å². The topological polar surface area (TPSA) is 177 Å². The molecule has 1 amide bonds. The Kier molecular flexibility index (Phi) is 8.49. The number of aliphatic hydroxyl groups excluding tert-OH is 2. The number of aliphatic hydroxyl groups is 3. The predicted octanol–water partition coefficient (Wildman–Crippen LogP) is 1.04. The van der Waals surface area contributed by atoms with E-state index in [2.05, 4.69) is 4.90 Å². The SMILES string of the molecule is CC(C)OCCN(C)Cc1cc(O)c2c(c1N(C)C)C[C@H]1C[C@H]3[C@H](N(C)C)C(O)=C(C(N)=O)C(=O)[C@@]3(O)C(O)=C1C2=O. The van der Waals surface area contributed by atoms with Gasteiger partial charge in [0.15, 0.2) is 11.4 Å². The third-order valence-electron chi connectivity index (χ3n) is 8.59. The van der Waals surface area contributed by atoms with Crippen LogP contribution in [0, 0.1) is 11.8 Å². The van der Waals surface area contributed by atoms with Crippen molar-refractivity contribution in [3.05, 3.63) is 45.4 Å². The predicted molar refractivity (Wildman–Crippen MR) is 155 cm³/mol. The van der Waals surface area contributed by atoms with Gasteiger partial charge >= 0.3 is 0 Å². The van der Waals surface area contributed by atoms with E-state index in [9.17, 15) is 34.8 Å². The number of allylic oxidation sites excluding steroid dienone is 1. The quantitative estimate of drug-likeness (QED) is 0.261. The molecule has 0 saturated heterocycles. The van der Waals surface area contributed by atoms with E-state index in [4.69, 9.17) is 10.5 Å². The lowest BCUT2D eigenvalue weighted by atomic mass is 9.58. The maximum absolute atomic E-state index is 14.0. The highest BCUT2D eigenvalue weighted by molar-refractivity contribution is 6.24. The highest BCUT2D eigenvalue weighted by Crippen LogP contribution is 2.53. The molecule has 4 rings (SSSR count). The minimum absolute atomic E-state index is 0.00553. The number of carbonyl (C=O) groups is 3. The number of aromatic hydroxyl groups is 1. The Hall–Kier alpha value is -3.45. The molecule has 0 fully saturated rings. The van der Waals surface area contributed by atoms with Gasteiger partial charge in [0.1, 0.15) is 22.8 Å². The van der Waals surface area contributed by atoms with Gasteiger partial charge in [-0.3, -0.25) is 24.2 Å². The molecule has 0 spiro atoms. The maximum atomic E-state index is 14.0. The lowest BCUT2D eigenvalue weighted by Crippen LogP contribution is -2.63. The van der Waals surface area contributed by atoms with Crippen molar-refractivity contribution in [3.8, 4) is 5.75 Å². The van der Waals surface area contributed by atoms with Gasteiger partial charge in [-0.05, 0) is 70.9 Å². The molecule has 6 N–H and O–H groups in total. The summed E-state index contributed by atoms with van der Waals surface area (Å²) in [6, 6.07) is 0.495. The first kappa shape index (κ1) is 31.5. The number of nitrogens with two attached hydrogens (primary N) is 1. The monoisotopic (exact) mass is 586 g/mol. The molecule has 1 aromatic rings. The first-order valence-electron chi connectivity index (χ1n) is 14.0. The van der Waals surface area contributed by atoms with E-state index in [1.54, 1.807) is 14.1 Å². The van der Waals surface area contributed by atoms with Gasteiger partial charge in [-0.25, -0.2) is 0 Å². The molecule has 0 unspecified atom stereocenters. The zero-order chi connectivity index (χ0) is 31.4. The van der Waals surface area contributed by atoms with Crippen LogP contribution in [0.2, 0.25) is 0 Å². The number of phenols is 1. The van der Waals surface area contributed by atoms with E-state index >= 15 is 0 Å². The fourth-order valence-corrected chi connectivity index (χ4v) is 6.87. The lowest BCUT2D eigenvalue weighted by Gasteiger charge is -2.50. The van der Waals surface area contributed by atoms with Crippen LogP contribution in [0.1, 0.15) is 41.8 Å². The molecule has 42 heavy (non-hydrogen) atoms. The van der Waals surface area contributed by atoms with E-state index in [-0.39, 0.29) is 35.8 Å². The summed E-state index contributed by atoms with van der Waals surface area (Å²) in [4.78, 5) is 45.1. The molecule has 3 aliphatic rings. The summed E-state index contributed by atoms with van der Waals surface area (Å²) in [5.41, 5.74) is 3.88. The molecule has 0 heterocycles. The first-order chi connectivity index (χ1) is 19.5. The number of ether oxygens (including phenoxy) is 1. The van der Waals surface area contributed by atoms with Crippen LogP contribution in [0.4, 0.5) is 5.69 Å². The van der Waals surface area contributed by atoms with Gasteiger partial charge in [0.2, 0.25) is 5.78 Å². The molecule has 230 valence electrons. The summed E-state index contributed by atoms with van der Waals surface area (Å²) < 4.78 is 5.67. The molecule has 0 aliphatic heterocycles. The molecule has 0 aromatic heterocycles. The molecule has 12 heteroatoms. The second kappa shape index (κ2) is 11.3. The Labute approximate surface area is 245 Å². The molecule has 0 bridgehead atoms. The van der Waals surface area contributed by atoms with Crippen LogP contribution in [0.3, 0.4) is 0 Å². The smallest absolute Gasteiger partial charge is 0.255 e. The van der Waals surface area contributed by atoms with E-state index in [1.807, 2.05) is 39.9 Å². The normalized spacial score (nSPS) is 25.7. The summed E-state index contributed by atoms with van der Waals surface area (Å²) >= 11 is 0. The van der Waals surface area contributed by atoms with Crippen LogP contribution in [0.5, 0.6) is 5.75 Å². The van der Waals surface area contributed by atoms with E-state index in [0.717, 1.165) is 11.3 Å². The average Bonchev–Trinajstić information content (AvgIpc) is 2.85. The number of ketones is 2. The molecule has 0 radical (unpaired) electrons. The van der Waals surface area contributed by atoms with Crippen molar-refractivity contribution in [2.45, 2.75) is 51.0 Å². The second-order valence-corrected chi connectivity index (χ2v) is 12.3. The van der Waals surface area contributed by atoms with Crippen molar-refractivity contribution >= 4 is 23.2 Å². The van der Waals surface area contributed by atoms with Crippen LogP contribution in [-0.2, 0) is 27.3 Å². The fraction of sp³-hybridized carbons (Fsp3) is 0.567. The molecule has 3 aliphatic carbocycles. The Morgan fingerprint density at radius 1 is 1.14 bits per heavy atom. The zero-order valence-electron chi connectivity index (χ0n) is 25.3. The minimum atomic E-state index is -2.66. The van der Waals surface area contributed by atoms with Gasteiger partial charge in [0, 0.05) is 44.4 Å². The summed E-state index contributed by atoms with van der Waals surface area (Å²) in [5.74, 6) is -6.66. The van der Waals surface area contributed by atoms with Crippen molar-refractivity contribution in [1.29, 1.82) is 0 Å². The van der Waals surface area contributed by atoms with Crippen molar-refractivity contribution in [2.24, 2.45) is 17.6 Å². The lowest BCUT2D eigenvalue weighted by molar-refractivity contribution is -0.148. The number of phenolic OH excluding ortho intramolecular Hbond substituents is 1. The van der Waals surface area contributed by atoms with Crippen LogP contribution in [-0.4, -0.2) is 114 Å². The Bertz CT molecular complexity index is 1380. The molecule has 1 aromatic carbocycles. The number of anilines is 1. The number of hydrogen-bond donors (Lipinski definition) is 5. The average molecular weight is 587 g/mol.